The van der Waals surface area contributed by atoms with Crippen LogP contribution >= 0.6 is 11.6 Å². The lowest BCUT2D eigenvalue weighted by molar-refractivity contribution is 0.474. The second-order valence-electron chi connectivity index (χ2n) is 4.28. The average Bonchev–Trinajstić information content (AvgIpc) is 2.37. The fourth-order valence-corrected chi connectivity index (χ4v) is 2.47. The van der Waals surface area contributed by atoms with Gasteiger partial charge in [-0.1, -0.05) is 6.07 Å². The lowest BCUT2D eigenvalue weighted by Crippen LogP contribution is -1.97. The molecule has 0 radical (unpaired) electrons. The van der Waals surface area contributed by atoms with Crippen LogP contribution in [0.2, 0.25) is 0 Å². The van der Waals surface area contributed by atoms with Crippen LogP contribution in [-0.4, -0.2) is 14.7 Å². The minimum absolute atomic E-state index is 0.143. The minimum atomic E-state index is -3.31. The van der Waals surface area contributed by atoms with Crippen LogP contribution in [-0.2, 0) is 15.7 Å². The molecule has 0 saturated heterocycles. The van der Waals surface area contributed by atoms with Crippen LogP contribution in [0, 0.1) is 5.82 Å². The van der Waals surface area contributed by atoms with Crippen LogP contribution < -0.4 is 4.74 Å². The summed E-state index contributed by atoms with van der Waals surface area (Å²) in [4.78, 5) is 0.143. The van der Waals surface area contributed by atoms with Crippen LogP contribution in [0.3, 0.4) is 0 Å². The lowest BCUT2D eigenvalue weighted by atomic mass is 10.2. The van der Waals surface area contributed by atoms with Gasteiger partial charge in [-0.15, -0.1) is 11.6 Å². The molecule has 2 aromatic carbocycles. The molecule has 0 aliphatic rings. The molecule has 2 rings (SSSR count). The highest BCUT2D eigenvalue weighted by Crippen LogP contribution is 2.26. The summed E-state index contributed by atoms with van der Waals surface area (Å²) in [6.45, 7) is 0. The molecule has 0 bridgehead atoms. The summed E-state index contributed by atoms with van der Waals surface area (Å²) in [7, 11) is -3.31. The standard InChI is InChI=1S/C14H12ClFO3S/c1-20(17,18)14-4-2-3-12(8-14)19-13-6-10(9-15)5-11(16)7-13/h2-8H,9H2,1H3. The number of benzene rings is 2. The molecule has 106 valence electrons. The molecular formula is C14H12ClFO3S. The number of hydrogen-bond acceptors (Lipinski definition) is 3. The van der Waals surface area contributed by atoms with E-state index in [9.17, 15) is 12.8 Å². The zero-order valence-corrected chi connectivity index (χ0v) is 12.2. The molecule has 20 heavy (non-hydrogen) atoms. The Bertz CT molecular complexity index is 729. The molecule has 0 aromatic heterocycles. The molecule has 0 atom stereocenters. The van der Waals surface area contributed by atoms with E-state index in [-0.39, 0.29) is 16.5 Å². The number of alkyl halides is 1. The summed E-state index contributed by atoms with van der Waals surface area (Å²) in [5, 5.41) is 0. The van der Waals surface area contributed by atoms with E-state index in [1.54, 1.807) is 18.2 Å². The molecule has 3 nitrogen and oxygen atoms in total. The van der Waals surface area contributed by atoms with Crippen molar-refractivity contribution in [2.75, 3.05) is 6.26 Å². The molecule has 0 aliphatic heterocycles. The van der Waals surface area contributed by atoms with Crippen LogP contribution in [0.5, 0.6) is 11.5 Å². The van der Waals surface area contributed by atoms with E-state index in [4.69, 9.17) is 16.3 Å². The van der Waals surface area contributed by atoms with E-state index in [1.807, 2.05) is 0 Å². The van der Waals surface area contributed by atoms with E-state index in [1.165, 1.54) is 24.3 Å². The van der Waals surface area contributed by atoms with Crippen LogP contribution in [0.4, 0.5) is 4.39 Å². The van der Waals surface area contributed by atoms with Gasteiger partial charge < -0.3 is 4.74 Å². The smallest absolute Gasteiger partial charge is 0.175 e. The van der Waals surface area contributed by atoms with Gasteiger partial charge in [0.2, 0.25) is 0 Å². The second kappa shape index (κ2) is 5.81. The van der Waals surface area contributed by atoms with Crippen molar-refractivity contribution in [2.24, 2.45) is 0 Å². The first-order chi connectivity index (χ1) is 9.38. The fourth-order valence-electron chi connectivity index (χ4n) is 1.66. The molecule has 0 saturated carbocycles. The molecule has 6 heteroatoms. The third-order valence-electron chi connectivity index (χ3n) is 2.55. The highest BCUT2D eigenvalue weighted by Gasteiger charge is 2.09. The van der Waals surface area contributed by atoms with E-state index >= 15 is 0 Å². The Morgan fingerprint density at radius 2 is 1.90 bits per heavy atom. The largest absolute Gasteiger partial charge is 0.457 e. The van der Waals surface area contributed by atoms with Crippen molar-refractivity contribution >= 4 is 21.4 Å². The van der Waals surface area contributed by atoms with E-state index < -0.39 is 15.7 Å². The summed E-state index contributed by atoms with van der Waals surface area (Å²) in [6, 6.07) is 10.1. The average molecular weight is 315 g/mol. The Hall–Kier alpha value is -1.59. The second-order valence-corrected chi connectivity index (χ2v) is 6.56. The van der Waals surface area contributed by atoms with E-state index in [0.717, 1.165) is 6.26 Å². The SMILES string of the molecule is CS(=O)(=O)c1cccc(Oc2cc(F)cc(CCl)c2)c1. The van der Waals surface area contributed by atoms with Crippen molar-refractivity contribution in [3.63, 3.8) is 0 Å². The predicted molar refractivity (Wildman–Crippen MR) is 75.6 cm³/mol. The molecule has 2 aromatic rings. The Labute approximate surface area is 121 Å². The quantitative estimate of drug-likeness (QED) is 0.807. The van der Waals surface area contributed by atoms with Gasteiger partial charge in [0, 0.05) is 18.2 Å². The third-order valence-corrected chi connectivity index (χ3v) is 3.97. The van der Waals surface area contributed by atoms with Crippen LogP contribution in [0.15, 0.2) is 47.4 Å². The lowest BCUT2D eigenvalue weighted by Gasteiger charge is -2.08. The van der Waals surface area contributed by atoms with Crippen LogP contribution in [0.25, 0.3) is 0 Å². The Kier molecular flexibility index (Phi) is 4.30. The Balaban J connectivity index is 2.33. The van der Waals surface area contributed by atoms with Crippen molar-refractivity contribution in [1.29, 1.82) is 0 Å². The fraction of sp³-hybridized carbons (Fsp3) is 0.143. The number of halogens is 2. The highest BCUT2D eigenvalue weighted by molar-refractivity contribution is 7.90. The minimum Gasteiger partial charge on any atom is -0.457 e. The van der Waals surface area contributed by atoms with E-state index in [0.29, 0.717) is 11.3 Å². The van der Waals surface area contributed by atoms with Gasteiger partial charge in [0.25, 0.3) is 0 Å². The molecule has 0 amide bonds. The van der Waals surface area contributed by atoms with Gasteiger partial charge in [0.1, 0.15) is 17.3 Å². The van der Waals surface area contributed by atoms with Crippen molar-refractivity contribution < 1.29 is 17.5 Å². The van der Waals surface area contributed by atoms with Crippen molar-refractivity contribution in [2.45, 2.75) is 10.8 Å². The topological polar surface area (TPSA) is 43.4 Å². The van der Waals surface area contributed by atoms with Gasteiger partial charge in [-0.2, -0.15) is 0 Å². The van der Waals surface area contributed by atoms with Gasteiger partial charge in [-0.25, -0.2) is 12.8 Å². The molecule has 0 N–H and O–H groups in total. The monoisotopic (exact) mass is 314 g/mol. The molecule has 0 fully saturated rings. The summed E-state index contributed by atoms with van der Waals surface area (Å²) in [6.07, 6.45) is 1.11. The summed E-state index contributed by atoms with van der Waals surface area (Å²) in [5.74, 6) is 0.292. The number of sulfone groups is 1. The van der Waals surface area contributed by atoms with Crippen LogP contribution in [0.1, 0.15) is 5.56 Å². The zero-order chi connectivity index (χ0) is 14.8. The summed E-state index contributed by atoms with van der Waals surface area (Å²) in [5.41, 5.74) is 0.584. The van der Waals surface area contributed by atoms with Gasteiger partial charge in [-0.3, -0.25) is 0 Å². The molecule has 0 spiro atoms. The van der Waals surface area contributed by atoms with Gasteiger partial charge in [0.05, 0.1) is 4.90 Å². The number of ether oxygens (including phenoxy) is 1. The predicted octanol–water partition coefficient (Wildman–Crippen LogP) is 3.76. The Morgan fingerprint density at radius 1 is 1.15 bits per heavy atom. The first-order valence-electron chi connectivity index (χ1n) is 5.72. The molecule has 0 heterocycles. The van der Waals surface area contributed by atoms with Crippen molar-refractivity contribution in [3.8, 4) is 11.5 Å². The first kappa shape index (κ1) is 14.8. The van der Waals surface area contributed by atoms with Gasteiger partial charge >= 0.3 is 0 Å². The van der Waals surface area contributed by atoms with Gasteiger partial charge in [-0.05, 0) is 35.9 Å². The maximum absolute atomic E-state index is 13.4. The molecular weight excluding hydrogens is 303 g/mol. The maximum atomic E-state index is 13.4. The zero-order valence-electron chi connectivity index (χ0n) is 10.6. The molecule has 0 unspecified atom stereocenters. The Morgan fingerprint density at radius 3 is 2.55 bits per heavy atom. The summed E-state index contributed by atoms with van der Waals surface area (Å²) >= 11 is 5.66. The van der Waals surface area contributed by atoms with Crippen molar-refractivity contribution in [3.05, 3.63) is 53.8 Å². The first-order valence-corrected chi connectivity index (χ1v) is 8.14. The number of rotatable bonds is 4. The summed E-state index contributed by atoms with van der Waals surface area (Å²) < 4.78 is 41.7. The molecule has 0 aliphatic carbocycles. The number of hydrogen-bond donors (Lipinski definition) is 0. The highest BCUT2D eigenvalue weighted by atomic mass is 35.5. The van der Waals surface area contributed by atoms with Crippen molar-refractivity contribution in [1.82, 2.24) is 0 Å². The van der Waals surface area contributed by atoms with Gasteiger partial charge in [0.15, 0.2) is 9.84 Å². The van der Waals surface area contributed by atoms with E-state index in [2.05, 4.69) is 0 Å². The maximum Gasteiger partial charge on any atom is 0.175 e. The normalized spacial score (nSPS) is 11.3. The third kappa shape index (κ3) is 3.71.